The van der Waals surface area contributed by atoms with Gasteiger partial charge in [-0.05, 0) is 18.2 Å². The Hall–Kier alpha value is -3.09. The number of amides is 1. The Bertz CT molecular complexity index is 861. The topological polar surface area (TPSA) is 77.8 Å². The number of para-hydroxylation sites is 2. The fourth-order valence-corrected chi connectivity index (χ4v) is 2.45. The van der Waals surface area contributed by atoms with Crippen LogP contribution in [0.4, 0.5) is 0 Å². The fourth-order valence-electron chi connectivity index (χ4n) is 2.45. The van der Waals surface area contributed by atoms with E-state index >= 15 is 0 Å². The number of benzene rings is 1. The first-order valence-electron chi connectivity index (χ1n) is 7.26. The van der Waals surface area contributed by atoms with Gasteiger partial charge in [0.1, 0.15) is 18.3 Å². The lowest BCUT2D eigenvalue weighted by atomic mass is 10.2. The molecule has 0 fully saturated rings. The van der Waals surface area contributed by atoms with Crippen LogP contribution >= 0.6 is 0 Å². The number of hydrogen-bond donors (Lipinski definition) is 1. The van der Waals surface area contributed by atoms with Crippen LogP contribution in [0.25, 0.3) is 5.65 Å². The van der Waals surface area contributed by atoms with Gasteiger partial charge in [-0.25, -0.2) is 9.50 Å². The van der Waals surface area contributed by atoms with Crippen molar-refractivity contribution in [2.45, 2.75) is 6.10 Å². The van der Waals surface area contributed by atoms with E-state index in [2.05, 4.69) is 15.4 Å². The van der Waals surface area contributed by atoms with Crippen LogP contribution < -0.4 is 14.8 Å². The number of carbonyl (C=O) groups is 1. The van der Waals surface area contributed by atoms with E-state index in [1.165, 1.54) is 6.20 Å². The SMILES string of the molecule is O=C(NCC1COc2ccccc2O1)c1cnn2cccnc12. The van der Waals surface area contributed by atoms with Crippen LogP contribution in [0.3, 0.4) is 0 Å². The monoisotopic (exact) mass is 310 g/mol. The Morgan fingerprint density at radius 1 is 1.30 bits per heavy atom. The molecule has 0 bridgehead atoms. The lowest BCUT2D eigenvalue weighted by Gasteiger charge is -2.26. The minimum Gasteiger partial charge on any atom is -0.486 e. The summed E-state index contributed by atoms with van der Waals surface area (Å²) < 4.78 is 13.0. The second kappa shape index (κ2) is 5.60. The van der Waals surface area contributed by atoms with Gasteiger partial charge in [-0.2, -0.15) is 5.10 Å². The van der Waals surface area contributed by atoms with Gasteiger partial charge in [0.05, 0.1) is 12.7 Å². The van der Waals surface area contributed by atoms with Crippen LogP contribution in [-0.4, -0.2) is 39.8 Å². The van der Waals surface area contributed by atoms with E-state index in [1.54, 1.807) is 23.0 Å². The smallest absolute Gasteiger partial charge is 0.256 e. The van der Waals surface area contributed by atoms with Crippen molar-refractivity contribution >= 4 is 11.6 Å². The van der Waals surface area contributed by atoms with E-state index in [4.69, 9.17) is 9.47 Å². The summed E-state index contributed by atoms with van der Waals surface area (Å²) in [7, 11) is 0. The molecule has 3 aromatic rings. The van der Waals surface area contributed by atoms with Gasteiger partial charge in [0.25, 0.3) is 5.91 Å². The molecular weight excluding hydrogens is 296 g/mol. The number of nitrogens with zero attached hydrogens (tertiary/aromatic N) is 3. The highest BCUT2D eigenvalue weighted by Crippen LogP contribution is 2.30. The van der Waals surface area contributed by atoms with Crippen molar-refractivity contribution in [1.29, 1.82) is 0 Å². The first kappa shape index (κ1) is 13.6. The molecule has 1 unspecified atom stereocenters. The van der Waals surface area contributed by atoms with Gasteiger partial charge in [-0.3, -0.25) is 4.79 Å². The summed E-state index contributed by atoms with van der Waals surface area (Å²) in [5.41, 5.74) is 0.957. The van der Waals surface area contributed by atoms with Crippen LogP contribution in [0.15, 0.2) is 48.9 Å². The minimum atomic E-state index is -0.235. The summed E-state index contributed by atoms with van der Waals surface area (Å²) in [5, 5.41) is 6.94. The lowest BCUT2D eigenvalue weighted by molar-refractivity contribution is 0.0790. The van der Waals surface area contributed by atoms with Crippen LogP contribution in [-0.2, 0) is 0 Å². The standard InChI is InChI=1S/C16H14N4O3/c21-16(12-9-19-20-7-3-6-17-15(12)20)18-8-11-10-22-13-4-1-2-5-14(13)23-11/h1-7,9,11H,8,10H2,(H,18,21). The predicted octanol–water partition coefficient (Wildman–Crippen LogP) is 1.30. The highest BCUT2D eigenvalue weighted by atomic mass is 16.6. The van der Waals surface area contributed by atoms with E-state index in [0.717, 1.165) is 5.75 Å². The van der Waals surface area contributed by atoms with Gasteiger partial charge < -0.3 is 14.8 Å². The molecule has 0 saturated carbocycles. The maximum Gasteiger partial charge on any atom is 0.256 e. The van der Waals surface area contributed by atoms with Crippen molar-refractivity contribution in [3.8, 4) is 11.5 Å². The number of nitrogens with one attached hydrogen (secondary N) is 1. The molecule has 3 heterocycles. The van der Waals surface area contributed by atoms with Crippen molar-refractivity contribution in [3.05, 3.63) is 54.5 Å². The van der Waals surface area contributed by atoms with Crippen LogP contribution in [0.5, 0.6) is 11.5 Å². The van der Waals surface area contributed by atoms with Gasteiger partial charge in [-0.15, -0.1) is 0 Å². The highest BCUT2D eigenvalue weighted by molar-refractivity contribution is 5.99. The van der Waals surface area contributed by atoms with Crippen LogP contribution in [0, 0.1) is 0 Å². The molecule has 116 valence electrons. The third-order valence-corrected chi connectivity index (χ3v) is 3.58. The summed E-state index contributed by atoms with van der Waals surface area (Å²) >= 11 is 0. The van der Waals surface area contributed by atoms with Gasteiger partial charge in [0.15, 0.2) is 17.1 Å². The van der Waals surface area contributed by atoms with Gasteiger partial charge in [0.2, 0.25) is 0 Å². The summed E-state index contributed by atoms with van der Waals surface area (Å²) in [6, 6.07) is 9.23. The molecule has 7 nitrogen and oxygen atoms in total. The third-order valence-electron chi connectivity index (χ3n) is 3.58. The molecule has 7 heteroatoms. The molecule has 0 saturated heterocycles. The maximum absolute atomic E-state index is 12.3. The molecule has 1 aliphatic heterocycles. The molecule has 0 spiro atoms. The van der Waals surface area contributed by atoms with Gasteiger partial charge >= 0.3 is 0 Å². The number of rotatable bonds is 3. The molecule has 23 heavy (non-hydrogen) atoms. The Morgan fingerprint density at radius 2 is 2.17 bits per heavy atom. The molecule has 0 aliphatic carbocycles. The first-order chi connectivity index (χ1) is 11.3. The zero-order chi connectivity index (χ0) is 15.6. The fraction of sp³-hybridized carbons (Fsp3) is 0.188. The summed E-state index contributed by atoms with van der Waals surface area (Å²) in [4.78, 5) is 16.5. The Labute approximate surface area is 131 Å². The Morgan fingerprint density at radius 3 is 3.09 bits per heavy atom. The van der Waals surface area contributed by atoms with Crippen molar-refractivity contribution < 1.29 is 14.3 Å². The van der Waals surface area contributed by atoms with Crippen molar-refractivity contribution in [3.63, 3.8) is 0 Å². The number of carbonyl (C=O) groups excluding carboxylic acids is 1. The number of hydrogen-bond acceptors (Lipinski definition) is 5. The molecule has 1 amide bonds. The Balaban J connectivity index is 1.43. The molecule has 1 aromatic carbocycles. The minimum absolute atomic E-state index is 0.233. The van der Waals surface area contributed by atoms with E-state index in [0.29, 0.717) is 30.1 Å². The maximum atomic E-state index is 12.3. The second-order valence-electron chi connectivity index (χ2n) is 5.15. The molecule has 1 N–H and O–H groups in total. The average molecular weight is 310 g/mol. The quantitative estimate of drug-likeness (QED) is 0.789. The lowest BCUT2D eigenvalue weighted by Crippen LogP contribution is -2.40. The third kappa shape index (κ3) is 2.57. The molecule has 0 radical (unpaired) electrons. The van der Waals surface area contributed by atoms with E-state index in [1.807, 2.05) is 24.3 Å². The van der Waals surface area contributed by atoms with Crippen LogP contribution in [0.2, 0.25) is 0 Å². The van der Waals surface area contributed by atoms with Gasteiger partial charge in [0, 0.05) is 12.4 Å². The molecule has 1 atom stereocenters. The molecule has 1 aliphatic rings. The number of aromatic nitrogens is 3. The summed E-state index contributed by atoms with van der Waals surface area (Å²) in [6.07, 6.45) is 4.64. The number of ether oxygens (including phenoxy) is 2. The molecular formula is C16H14N4O3. The van der Waals surface area contributed by atoms with Crippen molar-refractivity contribution in [2.75, 3.05) is 13.2 Å². The summed E-state index contributed by atoms with van der Waals surface area (Å²) in [6.45, 7) is 0.738. The zero-order valence-electron chi connectivity index (χ0n) is 12.2. The van der Waals surface area contributed by atoms with Crippen molar-refractivity contribution in [2.24, 2.45) is 0 Å². The zero-order valence-corrected chi connectivity index (χ0v) is 12.2. The highest BCUT2D eigenvalue weighted by Gasteiger charge is 2.22. The van der Waals surface area contributed by atoms with E-state index in [9.17, 15) is 4.79 Å². The van der Waals surface area contributed by atoms with Gasteiger partial charge in [-0.1, -0.05) is 12.1 Å². The first-order valence-corrected chi connectivity index (χ1v) is 7.26. The van der Waals surface area contributed by atoms with Crippen LogP contribution in [0.1, 0.15) is 10.4 Å². The molecule has 4 rings (SSSR count). The summed E-state index contributed by atoms with van der Waals surface area (Å²) in [5.74, 6) is 1.18. The van der Waals surface area contributed by atoms with E-state index < -0.39 is 0 Å². The average Bonchev–Trinajstić information content (AvgIpc) is 3.03. The Kier molecular flexibility index (Phi) is 3.30. The normalized spacial score (nSPS) is 16.3. The predicted molar refractivity (Wildman–Crippen MR) is 81.7 cm³/mol. The van der Waals surface area contributed by atoms with Crippen molar-refractivity contribution in [1.82, 2.24) is 19.9 Å². The largest absolute Gasteiger partial charge is 0.486 e. The van der Waals surface area contributed by atoms with E-state index in [-0.39, 0.29) is 12.0 Å². The molecule has 2 aromatic heterocycles. The second-order valence-corrected chi connectivity index (χ2v) is 5.15. The number of fused-ring (bicyclic) bond motifs is 2.